The minimum Gasteiger partial charge on any atom is -0.329 e. The predicted molar refractivity (Wildman–Crippen MR) is 68.8 cm³/mol. The first-order chi connectivity index (χ1) is 10.9. The minimum atomic E-state index is -4.77. The van der Waals surface area contributed by atoms with Crippen LogP contribution < -0.4 is 5.73 Å². The Morgan fingerprint density at radius 2 is 1.67 bits per heavy atom. The number of alkyl halides is 3. The van der Waals surface area contributed by atoms with E-state index >= 15 is 0 Å². The molecule has 1 amide bonds. The molecule has 24 heavy (non-hydrogen) atoms. The van der Waals surface area contributed by atoms with E-state index in [-0.39, 0.29) is 6.07 Å². The standard InChI is InChI=1S/C14H13F7N2O/c1-5-6(10-11(17)7(15)3-8(16)12(10)18)2-9(22)13(24)23(5)4-14(19,20)21/h3,5-6,9H,2,4,22H2,1H3/t5-,6-,9+/m1/s1. The van der Waals surface area contributed by atoms with E-state index in [0.717, 1.165) is 6.92 Å². The summed E-state index contributed by atoms with van der Waals surface area (Å²) >= 11 is 0. The second-order valence-corrected chi connectivity index (χ2v) is 5.65. The van der Waals surface area contributed by atoms with Gasteiger partial charge in [0.2, 0.25) is 5.91 Å². The number of benzene rings is 1. The second-order valence-electron chi connectivity index (χ2n) is 5.65. The Labute approximate surface area is 132 Å². The van der Waals surface area contributed by atoms with Crippen LogP contribution in [0.1, 0.15) is 24.8 Å². The smallest absolute Gasteiger partial charge is 0.329 e. The van der Waals surface area contributed by atoms with Crippen molar-refractivity contribution in [1.82, 2.24) is 4.90 Å². The van der Waals surface area contributed by atoms with Gasteiger partial charge in [-0.05, 0) is 13.3 Å². The van der Waals surface area contributed by atoms with Crippen LogP contribution in [0.25, 0.3) is 0 Å². The molecule has 2 rings (SSSR count). The number of hydrogen-bond acceptors (Lipinski definition) is 2. The molecule has 1 aliphatic rings. The third-order valence-electron chi connectivity index (χ3n) is 4.05. The zero-order valence-corrected chi connectivity index (χ0v) is 12.3. The van der Waals surface area contributed by atoms with Crippen LogP contribution in [0.15, 0.2) is 6.07 Å². The third-order valence-corrected chi connectivity index (χ3v) is 4.05. The van der Waals surface area contributed by atoms with Gasteiger partial charge in [0.15, 0.2) is 23.3 Å². The highest BCUT2D eigenvalue weighted by Crippen LogP contribution is 2.38. The molecule has 1 aliphatic heterocycles. The Balaban J connectivity index is 2.50. The molecule has 1 saturated heterocycles. The number of halogens is 7. The maximum Gasteiger partial charge on any atom is 0.406 e. The zero-order chi connectivity index (χ0) is 18.4. The summed E-state index contributed by atoms with van der Waals surface area (Å²) in [7, 11) is 0. The van der Waals surface area contributed by atoms with Gasteiger partial charge in [-0.15, -0.1) is 0 Å². The molecule has 2 N–H and O–H groups in total. The van der Waals surface area contributed by atoms with E-state index in [4.69, 9.17) is 5.73 Å². The van der Waals surface area contributed by atoms with Crippen molar-refractivity contribution >= 4 is 5.91 Å². The maximum atomic E-state index is 13.9. The van der Waals surface area contributed by atoms with Crippen LogP contribution in [-0.4, -0.2) is 35.6 Å². The van der Waals surface area contributed by atoms with E-state index in [1.54, 1.807) is 0 Å². The molecular weight excluding hydrogens is 345 g/mol. The molecule has 0 saturated carbocycles. The van der Waals surface area contributed by atoms with Crippen molar-refractivity contribution in [3.05, 3.63) is 34.9 Å². The van der Waals surface area contributed by atoms with Crippen molar-refractivity contribution in [2.45, 2.75) is 37.5 Å². The number of likely N-dealkylation sites (tertiary alicyclic amines) is 1. The van der Waals surface area contributed by atoms with Crippen LogP contribution in [0, 0.1) is 23.3 Å². The fraction of sp³-hybridized carbons (Fsp3) is 0.500. The summed E-state index contributed by atoms with van der Waals surface area (Å²) in [6.45, 7) is -0.569. The van der Waals surface area contributed by atoms with Crippen LogP contribution in [0.4, 0.5) is 30.7 Å². The number of carbonyl (C=O) groups excluding carboxylic acids is 1. The molecule has 1 aromatic carbocycles. The zero-order valence-electron chi connectivity index (χ0n) is 12.3. The molecule has 0 aliphatic carbocycles. The fourth-order valence-electron chi connectivity index (χ4n) is 2.89. The summed E-state index contributed by atoms with van der Waals surface area (Å²) in [5.41, 5.74) is 4.42. The molecule has 0 aromatic heterocycles. The molecule has 1 fully saturated rings. The second kappa shape index (κ2) is 6.23. The van der Waals surface area contributed by atoms with Gasteiger partial charge in [0.25, 0.3) is 0 Å². The van der Waals surface area contributed by atoms with E-state index in [0.29, 0.717) is 4.90 Å². The highest BCUT2D eigenvalue weighted by molar-refractivity contribution is 5.83. The molecule has 0 unspecified atom stereocenters. The average molecular weight is 358 g/mol. The number of amides is 1. The Morgan fingerprint density at radius 3 is 2.12 bits per heavy atom. The van der Waals surface area contributed by atoms with Gasteiger partial charge in [0.05, 0.1) is 6.04 Å². The molecule has 134 valence electrons. The monoisotopic (exact) mass is 358 g/mol. The largest absolute Gasteiger partial charge is 0.406 e. The van der Waals surface area contributed by atoms with Gasteiger partial charge < -0.3 is 10.6 Å². The van der Waals surface area contributed by atoms with Crippen molar-refractivity contribution < 1.29 is 35.5 Å². The molecule has 3 atom stereocenters. The molecule has 10 heteroatoms. The average Bonchev–Trinajstić information content (AvgIpc) is 2.46. The lowest BCUT2D eigenvalue weighted by Gasteiger charge is -2.42. The number of piperidine rings is 1. The molecule has 0 bridgehead atoms. The van der Waals surface area contributed by atoms with E-state index in [1.807, 2.05) is 0 Å². The van der Waals surface area contributed by atoms with Gasteiger partial charge in [-0.25, -0.2) is 17.6 Å². The first-order valence-electron chi connectivity index (χ1n) is 6.89. The van der Waals surface area contributed by atoms with Crippen molar-refractivity contribution in [1.29, 1.82) is 0 Å². The van der Waals surface area contributed by atoms with E-state index < -0.39 is 71.9 Å². The minimum absolute atomic E-state index is 0.000222. The summed E-state index contributed by atoms with van der Waals surface area (Å²) in [5.74, 6) is -9.24. The van der Waals surface area contributed by atoms with Crippen LogP contribution in [-0.2, 0) is 4.79 Å². The van der Waals surface area contributed by atoms with Crippen LogP contribution >= 0.6 is 0 Å². The normalized spacial score (nSPS) is 25.3. The quantitative estimate of drug-likeness (QED) is 0.653. The topological polar surface area (TPSA) is 46.3 Å². The molecule has 1 heterocycles. The summed E-state index contributed by atoms with van der Waals surface area (Å²) in [5, 5.41) is 0. The lowest BCUT2D eigenvalue weighted by molar-refractivity contribution is -0.170. The lowest BCUT2D eigenvalue weighted by Crippen LogP contribution is -2.58. The van der Waals surface area contributed by atoms with Crippen LogP contribution in [0.2, 0.25) is 0 Å². The van der Waals surface area contributed by atoms with Gasteiger partial charge in [-0.3, -0.25) is 4.79 Å². The Kier molecular flexibility index (Phi) is 4.80. The molecule has 1 aromatic rings. The number of nitrogens with zero attached hydrogens (tertiary/aromatic N) is 1. The Hall–Kier alpha value is -1.84. The van der Waals surface area contributed by atoms with Gasteiger partial charge in [-0.1, -0.05) is 0 Å². The Bertz CT molecular complexity index is 635. The van der Waals surface area contributed by atoms with Crippen LogP contribution in [0.5, 0.6) is 0 Å². The van der Waals surface area contributed by atoms with Crippen molar-refractivity contribution in [3.63, 3.8) is 0 Å². The predicted octanol–water partition coefficient (Wildman–Crippen LogP) is 2.84. The molecule has 3 nitrogen and oxygen atoms in total. The SMILES string of the molecule is C[C@@H]1[C@H](c2c(F)c(F)cc(F)c2F)C[C@H](N)C(=O)N1CC(F)(F)F. The molecule has 0 radical (unpaired) electrons. The van der Waals surface area contributed by atoms with Crippen LogP contribution in [0.3, 0.4) is 0 Å². The molecule has 0 spiro atoms. The van der Waals surface area contributed by atoms with Gasteiger partial charge in [0.1, 0.15) is 6.54 Å². The third kappa shape index (κ3) is 3.33. The van der Waals surface area contributed by atoms with Gasteiger partial charge in [-0.2, -0.15) is 13.2 Å². The van der Waals surface area contributed by atoms with Crippen molar-refractivity contribution in [2.24, 2.45) is 5.73 Å². The van der Waals surface area contributed by atoms with Crippen molar-refractivity contribution in [3.8, 4) is 0 Å². The highest BCUT2D eigenvalue weighted by Gasteiger charge is 2.45. The van der Waals surface area contributed by atoms with E-state index in [1.165, 1.54) is 0 Å². The highest BCUT2D eigenvalue weighted by atomic mass is 19.4. The first-order valence-corrected chi connectivity index (χ1v) is 6.89. The first kappa shape index (κ1) is 18.5. The maximum absolute atomic E-state index is 13.9. The summed E-state index contributed by atoms with van der Waals surface area (Å²) in [6.07, 6.45) is -5.21. The van der Waals surface area contributed by atoms with E-state index in [2.05, 4.69) is 0 Å². The lowest BCUT2D eigenvalue weighted by atomic mass is 9.81. The fourth-order valence-corrected chi connectivity index (χ4v) is 2.89. The molecular formula is C14H13F7N2O. The van der Waals surface area contributed by atoms with Gasteiger partial charge >= 0.3 is 6.18 Å². The number of rotatable bonds is 2. The van der Waals surface area contributed by atoms with Crippen molar-refractivity contribution in [2.75, 3.05) is 6.54 Å². The summed E-state index contributed by atoms with van der Waals surface area (Å²) in [4.78, 5) is 12.2. The Morgan fingerprint density at radius 1 is 1.17 bits per heavy atom. The number of hydrogen-bond donors (Lipinski definition) is 1. The summed E-state index contributed by atoms with van der Waals surface area (Å²) in [6, 6.07) is -2.83. The van der Waals surface area contributed by atoms with Gasteiger partial charge in [0, 0.05) is 23.6 Å². The number of nitrogens with two attached hydrogens (primary N) is 1. The number of carbonyl (C=O) groups is 1. The van der Waals surface area contributed by atoms with E-state index in [9.17, 15) is 35.5 Å². The summed E-state index contributed by atoms with van der Waals surface area (Å²) < 4.78 is 92.5.